The van der Waals surface area contributed by atoms with Crippen LogP contribution in [-0.2, 0) is 34.6 Å². The first kappa shape index (κ1) is 16.1. The molecule has 5 atom stereocenters. The van der Waals surface area contributed by atoms with Crippen LogP contribution in [-0.4, -0.2) is 39.5 Å². The Balaban J connectivity index is 1.88. The average molecular weight is 317 g/mol. The van der Waals surface area contributed by atoms with Gasteiger partial charge in [-0.15, -0.1) is 0 Å². The molecule has 0 heterocycles. The minimum absolute atomic E-state index is 0.0867. The lowest BCUT2D eigenvalue weighted by Crippen LogP contribution is -2.39. The van der Waals surface area contributed by atoms with E-state index < -0.39 is 42.1 Å². The van der Waals surface area contributed by atoms with Gasteiger partial charge < -0.3 is 14.0 Å². The largest absolute Gasteiger partial charge is 0.750 e. The summed E-state index contributed by atoms with van der Waals surface area (Å²) in [5, 5.41) is 0. The Morgan fingerprint density at radius 3 is 2.48 bits per heavy atom. The highest BCUT2D eigenvalue weighted by atomic mass is 32.2. The van der Waals surface area contributed by atoms with E-state index in [0.717, 1.165) is 19.3 Å². The molecular weight excluding hydrogens is 300 g/mol. The van der Waals surface area contributed by atoms with Crippen molar-refractivity contribution in [1.29, 1.82) is 0 Å². The number of fused-ring (bicyclic) bond motifs is 2. The molecule has 0 aromatic heterocycles. The van der Waals surface area contributed by atoms with Crippen LogP contribution in [0.2, 0.25) is 0 Å². The zero-order chi connectivity index (χ0) is 15.6. The van der Waals surface area contributed by atoms with Gasteiger partial charge in [-0.05, 0) is 38.0 Å². The molecule has 8 heteroatoms. The summed E-state index contributed by atoms with van der Waals surface area (Å²) in [6, 6.07) is 0. The average Bonchev–Trinajstić information content (AvgIpc) is 2.98. The third kappa shape index (κ3) is 3.90. The molecule has 0 saturated heterocycles. The molecule has 2 bridgehead atoms. The number of ether oxygens (including phenoxy) is 2. The Kier molecular flexibility index (Phi) is 5.13. The van der Waals surface area contributed by atoms with E-state index in [0.29, 0.717) is 0 Å². The molecule has 4 unspecified atom stereocenters. The molecule has 0 radical (unpaired) electrons. The summed E-state index contributed by atoms with van der Waals surface area (Å²) in [6.07, 6.45) is 1.29. The van der Waals surface area contributed by atoms with E-state index in [1.807, 2.05) is 0 Å². The lowest BCUT2D eigenvalue weighted by atomic mass is 9.95. The molecule has 0 aromatic carbocycles. The summed E-state index contributed by atoms with van der Waals surface area (Å²) < 4.78 is 36.2. The molecule has 2 saturated carbocycles. The maximum Gasteiger partial charge on any atom is 0.344 e. The first-order chi connectivity index (χ1) is 9.88. The second kappa shape index (κ2) is 6.67. The minimum Gasteiger partial charge on any atom is -0.750 e. The van der Waals surface area contributed by atoms with E-state index in [4.69, 9.17) is 13.7 Å². The molecule has 2 aliphatic carbocycles. The van der Waals surface area contributed by atoms with Crippen molar-refractivity contribution in [3.05, 3.63) is 12.2 Å². The molecule has 2 aliphatic rings. The van der Waals surface area contributed by atoms with Gasteiger partial charge in [0, 0.05) is 5.57 Å². The fourth-order valence-corrected chi connectivity index (χ4v) is 3.45. The van der Waals surface area contributed by atoms with Crippen molar-refractivity contribution in [1.82, 2.24) is 0 Å². The molecule has 0 amide bonds. The first-order valence-electron chi connectivity index (χ1n) is 6.67. The van der Waals surface area contributed by atoms with Gasteiger partial charge in [0.15, 0.2) is 6.61 Å². The van der Waals surface area contributed by atoms with Crippen LogP contribution in [0.4, 0.5) is 0 Å². The molecular formula is C13H17O7S-. The van der Waals surface area contributed by atoms with Crippen LogP contribution in [0.3, 0.4) is 0 Å². The van der Waals surface area contributed by atoms with E-state index in [-0.39, 0.29) is 17.4 Å². The number of hydrogen-bond acceptors (Lipinski definition) is 7. The second-order valence-corrected chi connectivity index (χ2v) is 6.01. The number of rotatable bonds is 6. The highest BCUT2D eigenvalue weighted by molar-refractivity contribution is 7.74. The van der Waals surface area contributed by atoms with Crippen molar-refractivity contribution in [2.45, 2.75) is 38.4 Å². The van der Waals surface area contributed by atoms with Gasteiger partial charge in [0.2, 0.25) is 0 Å². The van der Waals surface area contributed by atoms with Gasteiger partial charge in [-0.3, -0.25) is 4.18 Å². The van der Waals surface area contributed by atoms with E-state index in [1.54, 1.807) is 0 Å². The molecule has 2 rings (SSSR count). The van der Waals surface area contributed by atoms with Gasteiger partial charge in [-0.2, -0.15) is 0 Å². The van der Waals surface area contributed by atoms with E-state index in [1.165, 1.54) is 6.92 Å². The van der Waals surface area contributed by atoms with Crippen LogP contribution in [0, 0.1) is 11.8 Å². The monoisotopic (exact) mass is 317 g/mol. The lowest BCUT2D eigenvalue weighted by molar-refractivity contribution is -0.166. The molecule has 0 spiro atoms. The van der Waals surface area contributed by atoms with Crippen LogP contribution in [0.15, 0.2) is 12.2 Å². The van der Waals surface area contributed by atoms with Crippen LogP contribution in [0.1, 0.15) is 26.2 Å². The Morgan fingerprint density at radius 1 is 1.29 bits per heavy atom. The Morgan fingerprint density at radius 2 is 1.90 bits per heavy atom. The Bertz CT molecular complexity index is 475. The standard InChI is InChI=1S/C13H18O7S/c1-7(2)13(15)18-6-10(14)19-11-8-3-4-9(5-8)12(11)20-21(16)17/h8-9,11-12H,1,3-6H2,2H3,(H,16,17)/p-1/t8?,9-,11?,12?/m1/s1. The van der Waals surface area contributed by atoms with Crippen LogP contribution < -0.4 is 0 Å². The highest BCUT2D eigenvalue weighted by Gasteiger charge is 2.51. The predicted molar refractivity (Wildman–Crippen MR) is 70.3 cm³/mol. The van der Waals surface area contributed by atoms with Gasteiger partial charge in [0.05, 0.1) is 11.4 Å². The van der Waals surface area contributed by atoms with Crippen molar-refractivity contribution in [3.8, 4) is 0 Å². The third-order valence-electron chi connectivity index (χ3n) is 3.89. The van der Waals surface area contributed by atoms with Crippen LogP contribution >= 0.6 is 0 Å². The van der Waals surface area contributed by atoms with Crippen molar-refractivity contribution < 1.29 is 32.0 Å². The number of esters is 2. The number of carbonyl (C=O) groups excluding carboxylic acids is 2. The zero-order valence-electron chi connectivity index (χ0n) is 11.6. The minimum atomic E-state index is -2.65. The van der Waals surface area contributed by atoms with Crippen molar-refractivity contribution in [3.63, 3.8) is 0 Å². The van der Waals surface area contributed by atoms with Gasteiger partial charge in [-0.25, -0.2) is 13.8 Å². The molecule has 0 aliphatic heterocycles. The maximum absolute atomic E-state index is 11.7. The summed E-state index contributed by atoms with van der Waals surface area (Å²) in [5.74, 6) is -1.20. The zero-order valence-corrected chi connectivity index (χ0v) is 12.4. The quantitative estimate of drug-likeness (QED) is 0.402. The SMILES string of the molecule is C=C(C)C(=O)OCC(=O)OC1C2CC[C@H](C2)C1OS(=O)[O-]. The first-order valence-corrected chi connectivity index (χ1v) is 7.67. The lowest BCUT2D eigenvalue weighted by Gasteiger charge is -2.30. The van der Waals surface area contributed by atoms with Gasteiger partial charge in [-0.1, -0.05) is 6.58 Å². The summed E-state index contributed by atoms with van der Waals surface area (Å²) in [6.45, 7) is 4.35. The molecule has 0 aromatic rings. The molecule has 7 nitrogen and oxygen atoms in total. The van der Waals surface area contributed by atoms with Crippen LogP contribution in [0.25, 0.3) is 0 Å². The van der Waals surface area contributed by atoms with Crippen molar-refractivity contribution in [2.24, 2.45) is 11.8 Å². The fourth-order valence-electron chi connectivity index (χ4n) is 3.01. The van der Waals surface area contributed by atoms with Gasteiger partial charge in [0.25, 0.3) is 0 Å². The normalized spacial score (nSPS) is 31.7. The fraction of sp³-hybridized carbons (Fsp3) is 0.692. The molecule has 118 valence electrons. The van der Waals surface area contributed by atoms with Crippen molar-refractivity contribution in [2.75, 3.05) is 6.61 Å². The van der Waals surface area contributed by atoms with Gasteiger partial charge >= 0.3 is 11.9 Å². The molecule has 21 heavy (non-hydrogen) atoms. The Hall–Kier alpha value is -1.25. The number of hydrogen-bond donors (Lipinski definition) is 0. The molecule has 2 fully saturated rings. The van der Waals surface area contributed by atoms with E-state index in [2.05, 4.69) is 6.58 Å². The van der Waals surface area contributed by atoms with Gasteiger partial charge in [0.1, 0.15) is 12.2 Å². The van der Waals surface area contributed by atoms with E-state index >= 15 is 0 Å². The summed E-state index contributed by atoms with van der Waals surface area (Å²) >= 11 is -2.65. The smallest absolute Gasteiger partial charge is 0.344 e. The summed E-state index contributed by atoms with van der Waals surface area (Å²) in [4.78, 5) is 22.9. The van der Waals surface area contributed by atoms with Crippen LogP contribution in [0.5, 0.6) is 0 Å². The molecule has 0 N–H and O–H groups in total. The summed E-state index contributed by atoms with van der Waals surface area (Å²) in [5.41, 5.74) is 0.186. The second-order valence-electron chi connectivity index (χ2n) is 5.41. The summed E-state index contributed by atoms with van der Waals surface area (Å²) in [7, 11) is 0. The maximum atomic E-state index is 11.7. The predicted octanol–water partition coefficient (Wildman–Crippen LogP) is 0.627. The third-order valence-corrected chi connectivity index (χ3v) is 4.27. The number of carbonyl (C=O) groups is 2. The topological polar surface area (TPSA) is 102 Å². The highest BCUT2D eigenvalue weighted by Crippen LogP contribution is 2.47. The van der Waals surface area contributed by atoms with Crippen molar-refractivity contribution >= 4 is 23.3 Å². The van der Waals surface area contributed by atoms with E-state index in [9.17, 15) is 18.4 Å². The Labute approximate surface area is 125 Å².